The molecule has 37 heavy (non-hydrogen) atoms. The number of fused-ring (bicyclic) bond motifs is 1. The highest BCUT2D eigenvalue weighted by Gasteiger charge is 2.45. The lowest BCUT2D eigenvalue weighted by atomic mass is 9.62. The van der Waals surface area contributed by atoms with Gasteiger partial charge < -0.3 is 17.0 Å². The predicted octanol–water partition coefficient (Wildman–Crippen LogP) is 4.88. The van der Waals surface area contributed by atoms with Crippen LogP contribution in [-0.4, -0.2) is 6.16 Å². The lowest BCUT2D eigenvalue weighted by molar-refractivity contribution is -0.00000773. The fourth-order valence-electron chi connectivity index (χ4n) is 6.21. The Bertz CT molecular complexity index is 1230. The van der Waals surface area contributed by atoms with Crippen molar-refractivity contribution in [2.45, 2.75) is 64.7 Å². The Morgan fingerprint density at radius 1 is 0.595 bits per heavy atom. The van der Waals surface area contributed by atoms with Gasteiger partial charge in [-0.3, -0.25) is 0 Å². The highest BCUT2D eigenvalue weighted by atomic mass is 79.9. The van der Waals surface area contributed by atoms with Crippen LogP contribution in [0.1, 0.15) is 62.8 Å². The van der Waals surface area contributed by atoms with Crippen molar-refractivity contribution in [2.75, 3.05) is 6.16 Å². The third kappa shape index (κ3) is 5.23. The van der Waals surface area contributed by atoms with Crippen LogP contribution in [0.4, 0.5) is 0 Å². The lowest BCUT2D eigenvalue weighted by Crippen LogP contribution is -3.00. The minimum atomic E-state index is -1.82. The first kappa shape index (κ1) is 27.8. The normalized spacial score (nSPS) is 15.9. The quantitative estimate of drug-likeness (QED) is 0.290. The summed E-state index contributed by atoms with van der Waals surface area (Å²) in [5, 5.41) is 4.42. The second-order valence-electron chi connectivity index (χ2n) is 11.9. The lowest BCUT2D eigenvalue weighted by Gasteiger charge is -2.42. The third-order valence-corrected chi connectivity index (χ3v) is 13.1. The maximum Gasteiger partial charge on any atom is 0.112 e. The summed E-state index contributed by atoms with van der Waals surface area (Å²) in [6.07, 6.45) is 4.73. The molecule has 0 unspecified atom stereocenters. The average molecular weight is 572 g/mol. The van der Waals surface area contributed by atoms with E-state index in [9.17, 15) is 0 Å². The summed E-state index contributed by atoms with van der Waals surface area (Å²) in [7, 11) is -1.82. The van der Waals surface area contributed by atoms with Crippen LogP contribution in [0.2, 0.25) is 0 Å². The number of hydrogen-bond acceptors (Lipinski definition) is 0. The van der Waals surface area contributed by atoms with Gasteiger partial charge in [-0.2, -0.15) is 0 Å². The smallest absolute Gasteiger partial charge is 0.112 e. The molecule has 0 N–H and O–H groups in total. The molecule has 0 saturated heterocycles. The Balaban J connectivity index is 0.00000320. The van der Waals surface area contributed by atoms with Gasteiger partial charge in [-0.05, 0) is 89.2 Å². The molecule has 4 aromatic carbocycles. The van der Waals surface area contributed by atoms with E-state index in [-0.39, 0.29) is 27.8 Å². The fourth-order valence-corrected chi connectivity index (χ4v) is 10.5. The molecule has 4 aromatic rings. The summed E-state index contributed by atoms with van der Waals surface area (Å²) in [6.45, 7) is 12.1. The first-order chi connectivity index (χ1) is 17.2. The zero-order valence-electron chi connectivity index (χ0n) is 23.0. The first-order valence-corrected chi connectivity index (χ1v) is 15.4. The first-order valence-electron chi connectivity index (χ1n) is 13.4. The van der Waals surface area contributed by atoms with Crippen LogP contribution in [0.3, 0.4) is 0 Å². The molecule has 0 aliphatic heterocycles. The molecular weight excluding hydrogens is 531 g/mol. The van der Waals surface area contributed by atoms with E-state index in [1.165, 1.54) is 39.9 Å². The van der Waals surface area contributed by atoms with E-state index < -0.39 is 7.26 Å². The van der Waals surface area contributed by atoms with Gasteiger partial charge in [0.2, 0.25) is 0 Å². The predicted molar refractivity (Wildman–Crippen MR) is 160 cm³/mol. The van der Waals surface area contributed by atoms with Gasteiger partial charge in [-0.15, -0.1) is 0 Å². The number of aryl methyl sites for hydroxylation is 2. The molecule has 0 nitrogen and oxygen atoms in total. The zero-order chi connectivity index (χ0) is 25.4. The van der Waals surface area contributed by atoms with Crippen molar-refractivity contribution in [3.8, 4) is 0 Å². The van der Waals surface area contributed by atoms with Crippen molar-refractivity contribution >= 4 is 23.2 Å². The summed E-state index contributed by atoms with van der Waals surface area (Å²) in [4.78, 5) is 0. The van der Waals surface area contributed by atoms with E-state index in [0.717, 1.165) is 12.6 Å². The van der Waals surface area contributed by atoms with Gasteiger partial charge in [0.25, 0.3) is 0 Å². The van der Waals surface area contributed by atoms with Crippen LogP contribution in [0.15, 0.2) is 103 Å². The third-order valence-electron chi connectivity index (χ3n) is 8.62. The number of rotatable bonds is 6. The molecule has 0 amide bonds. The van der Waals surface area contributed by atoms with Gasteiger partial charge in [0.15, 0.2) is 0 Å². The Morgan fingerprint density at radius 2 is 0.973 bits per heavy atom. The molecule has 1 aliphatic rings. The van der Waals surface area contributed by atoms with Gasteiger partial charge in [0.05, 0.1) is 6.16 Å². The SMILES string of the molecule is Cc1cc2c(cc1CC[P+](c1ccccc1)(c1ccccc1)c1ccccc1)C(C)(C)CCC2(C)C.[Br-]. The van der Waals surface area contributed by atoms with Crippen LogP contribution >= 0.6 is 7.26 Å². The highest BCUT2D eigenvalue weighted by molar-refractivity contribution is 7.95. The molecule has 0 spiro atoms. The van der Waals surface area contributed by atoms with Crippen molar-refractivity contribution in [3.63, 3.8) is 0 Å². The molecule has 0 radical (unpaired) electrons. The fraction of sp³-hybridized carbons (Fsp3) is 0.314. The van der Waals surface area contributed by atoms with Crippen molar-refractivity contribution in [2.24, 2.45) is 0 Å². The van der Waals surface area contributed by atoms with Crippen molar-refractivity contribution in [3.05, 3.63) is 125 Å². The molecule has 192 valence electrons. The summed E-state index contributed by atoms with van der Waals surface area (Å²) in [5.41, 5.74) is 6.59. The van der Waals surface area contributed by atoms with E-state index in [1.54, 1.807) is 11.1 Å². The molecule has 0 bridgehead atoms. The minimum Gasteiger partial charge on any atom is -1.00 e. The number of hydrogen-bond donors (Lipinski definition) is 0. The second-order valence-corrected chi connectivity index (χ2v) is 15.5. The van der Waals surface area contributed by atoms with Crippen LogP contribution in [0, 0.1) is 6.92 Å². The molecule has 0 fully saturated rings. The van der Waals surface area contributed by atoms with E-state index in [0.29, 0.717) is 0 Å². The molecular formula is C35H40BrP. The topological polar surface area (TPSA) is 0 Å². The molecule has 0 atom stereocenters. The molecule has 5 rings (SSSR count). The number of benzene rings is 4. The second kappa shape index (κ2) is 10.9. The summed E-state index contributed by atoms with van der Waals surface area (Å²) in [6, 6.07) is 39.0. The van der Waals surface area contributed by atoms with Gasteiger partial charge in [-0.1, -0.05) is 94.4 Å². The van der Waals surface area contributed by atoms with Gasteiger partial charge in [0, 0.05) is 6.42 Å². The van der Waals surface area contributed by atoms with Gasteiger partial charge in [-0.25, -0.2) is 0 Å². The number of halogens is 1. The molecule has 0 aromatic heterocycles. The standard InChI is InChI=1S/C35H40P.BrH/c1-27-25-32-33(35(4,5)23-22-34(32,2)3)26-28(27)21-24-36(29-15-9-6-10-16-29,30-17-11-7-12-18-30)31-19-13-8-14-20-31;/h6-20,25-26H,21-24H2,1-5H3;1H/q+1;/p-1. The van der Waals surface area contributed by atoms with Crippen molar-refractivity contribution in [1.82, 2.24) is 0 Å². The van der Waals surface area contributed by atoms with Crippen molar-refractivity contribution in [1.29, 1.82) is 0 Å². The van der Waals surface area contributed by atoms with E-state index >= 15 is 0 Å². The average Bonchev–Trinajstić information content (AvgIpc) is 2.90. The van der Waals surface area contributed by atoms with Crippen LogP contribution < -0.4 is 32.9 Å². The summed E-state index contributed by atoms with van der Waals surface area (Å²) in [5.74, 6) is 0. The monoisotopic (exact) mass is 570 g/mol. The van der Waals surface area contributed by atoms with Crippen LogP contribution in [0.5, 0.6) is 0 Å². The maximum atomic E-state index is 2.58. The van der Waals surface area contributed by atoms with Crippen LogP contribution in [-0.2, 0) is 17.3 Å². The summed E-state index contributed by atoms with van der Waals surface area (Å²) >= 11 is 0. The maximum absolute atomic E-state index is 2.58. The van der Waals surface area contributed by atoms with Gasteiger partial charge >= 0.3 is 0 Å². The Morgan fingerprint density at radius 3 is 1.38 bits per heavy atom. The Kier molecular flexibility index (Phi) is 8.18. The van der Waals surface area contributed by atoms with Gasteiger partial charge in [0.1, 0.15) is 23.2 Å². The Labute approximate surface area is 235 Å². The van der Waals surface area contributed by atoms with E-state index in [1.807, 2.05) is 0 Å². The van der Waals surface area contributed by atoms with E-state index in [2.05, 4.69) is 138 Å². The minimum absolute atomic E-state index is 0. The molecule has 1 aliphatic carbocycles. The molecule has 0 heterocycles. The van der Waals surface area contributed by atoms with E-state index in [4.69, 9.17) is 0 Å². The molecule has 0 saturated carbocycles. The Hall–Kier alpha value is -2.21. The largest absolute Gasteiger partial charge is 1.00 e. The van der Waals surface area contributed by atoms with Crippen molar-refractivity contribution < 1.29 is 17.0 Å². The highest BCUT2D eigenvalue weighted by Crippen LogP contribution is 2.56. The zero-order valence-corrected chi connectivity index (χ0v) is 25.4. The molecule has 2 heteroatoms. The summed E-state index contributed by atoms with van der Waals surface area (Å²) < 4.78 is 0. The van der Waals surface area contributed by atoms with Crippen LogP contribution in [0.25, 0.3) is 0 Å².